The monoisotopic (exact) mass is 445 g/mol. The molecule has 31 heavy (non-hydrogen) atoms. The molecule has 164 valence electrons. The van der Waals surface area contributed by atoms with Gasteiger partial charge in [0.05, 0.1) is 4.90 Å². The van der Waals surface area contributed by atoms with Crippen LogP contribution in [0.15, 0.2) is 66.1 Å². The van der Waals surface area contributed by atoms with Crippen LogP contribution in [0.1, 0.15) is 23.2 Å². The van der Waals surface area contributed by atoms with E-state index in [4.69, 9.17) is 0 Å². The number of halogens is 1. The van der Waals surface area contributed by atoms with E-state index in [-0.39, 0.29) is 28.3 Å². The lowest BCUT2D eigenvalue weighted by atomic mass is 9.95. The van der Waals surface area contributed by atoms with Gasteiger partial charge < -0.3 is 10.2 Å². The molecular weight excluding hydrogens is 421 g/mol. The molecule has 9 heteroatoms. The highest BCUT2D eigenvalue weighted by molar-refractivity contribution is 7.92. The number of amides is 2. The van der Waals surface area contributed by atoms with Crippen LogP contribution in [0.5, 0.6) is 0 Å². The Bertz CT molecular complexity index is 1060. The van der Waals surface area contributed by atoms with E-state index < -0.39 is 15.8 Å². The second-order valence-electron chi connectivity index (χ2n) is 7.24. The van der Waals surface area contributed by atoms with Crippen LogP contribution in [0.25, 0.3) is 0 Å². The standard InChI is InChI=1S/C22H24FN3O4S/c1-2-12-24-21(27)16-10-13-26(14-11-16)22(28)17-4-3-5-19(15-17)25-31(29,30)20-8-6-18(23)7-9-20/h2-9,15-16,25H,1,10-14H2,(H,24,27). The van der Waals surface area contributed by atoms with Crippen molar-refractivity contribution in [2.45, 2.75) is 17.7 Å². The number of anilines is 1. The third-order valence-electron chi connectivity index (χ3n) is 5.06. The Morgan fingerprint density at radius 1 is 1.13 bits per heavy atom. The molecule has 2 aromatic rings. The summed E-state index contributed by atoms with van der Waals surface area (Å²) in [4.78, 5) is 26.5. The van der Waals surface area contributed by atoms with Gasteiger partial charge in [-0.3, -0.25) is 14.3 Å². The van der Waals surface area contributed by atoms with Crippen LogP contribution in [0.4, 0.5) is 10.1 Å². The van der Waals surface area contributed by atoms with Gasteiger partial charge in [-0.05, 0) is 55.3 Å². The smallest absolute Gasteiger partial charge is 0.261 e. The Kier molecular flexibility index (Phi) is 7.06. The maximum atomic E-state index is 13.1. The van der Waals surface area contributed by atoms with Gasteiger partial charge in [0.15, 0.2) is 0 Å². The highest BCUT2D eigenvalue weighted by atomic mass is 32.2. The van der Waals surface area contributed by atoms with Crippen molar-refractivity contribution in [3.63, 3.8) is 0 Å². The average Bonchev–Trinajstić information content (AvgIpc) is 2.77. The molecule has 7 nitrogen and oxygen atoms in total. The van der Waals surface area contributed by atoms with Crippen LogP contribution in [0.2, 0.25) is 0 Å². The van der Waals surface area contributed by atoms with E-state index in [9.17, 15) is 22.4 Å². The fourth-order valence-corrected chi connectivity index (χ4v) is 4.44. The number of hydrogen-bond acceptors (Lipinski definition) is 4. The molecule has 0 saturated carbocycles. The van der Waals surface area contributed by atoms with Crippen LogP contribution in [-0.4, -0.2) is 44.8 Å². The number of sulfonamides is 1. The van der Waals surface area contributed by atoms with Crippen molar-refractivity contribution in [3.05, 3.63) is 72.6 Å². The number of benzene rings is 2. The summed E-state index contributed by atoms with van der Waals surface area (Å²) >= 11 is 0. The highest BCUT2D eigenvalue weighted by Gasteiger charge is 2.27. The number of carbonyl (C=O) groups excluding carboxylic acids is 2. The predicted molar refractivity (Wildman–Crippen MR) is 115 cm³/mol. The normalized spacial score (nSPS) is 14.7. The summed E-state index contributed by atoms with van der Waals surface area (Å²) in [7, 11) is -3.91. The molecule has 0 spiro atoms. The molecule has 0 aliphatic carbocycles. The molecular formula is C22H24FN3O4S. The number of nitrogens with one attached hydrogen (secondary N) is 2. The average molecular weight is 446 g/mol. The van der Waals surface area contributed by atoms with Gasteiger partial charge in [0.25, 0.3) is 15.9 Å². The van der Waals surface area contributed by atoms with Crippen LogP contribution in [-0.2, 0) is 14.8 Å². The van der Waals surface area contributed by atoms with E-state index in [0.29, 0.717) is 38.0 Å². The molecule has 0 aromatic heterocycles. The first-order valence-corrected chi connectivity index (χ1v) is 11.3. The molecule has 0 unspecified atom stereocenters. The van der Waals surface area contributed by atoms with Crippen molar-refractivity contribution in [2.75, 3.05) is 24.4 Å². The Hall–Kier alpha value is -3.20. The Labute approximate surface area is 181 Å². The van der Waals surface area contributed by atoms with Gasteiger partial charge in [-0.1, -0.05) is 12.1 Å². The van der Waals surface area contributed by atoms with Gasteiger partial charge in [-0.25, -0.2) is 12.8 Å². The lowest BCUT2D eigenvalue weighted by Gasteiger charge is -2.31. The minimum atomic E-state index is -3.91. The maximum absolute atomic E-state index is 13.1. The molecule has 1 saturated heterocycles. The molecule has 2 aromatic carbocycles. The first-order valence-electron chi connectivity index (χ1n) is 9.86. The molecule has 1 heterocycles. The number of piperidine rings is 1. The molecule has 0 bridgehead atoms. The van der Waals surface area contributed by atoms with Crippen molar-refractivity contribution < 1.29 is 22.4 Å². The van der Waals surface area contributed by atoms with Crippen molar-refractivity contribution >= 4 is 27.5 Å². The number of hydrogen-bond donors (Lipinski definition) is 2. The van der Waals surface area contributed by atoms with E-state index in [0.717, 1.165) is 12.1 Å². The number of carbonyl (C=O) groups is 2. The molecule has 3 rings (SSSR count). The van der Waals surface area contributed by atoms with Gasteiger partial charge in [0.2, 0.25) is 5.91 Å². The zero-order chi connectivity index (χ0) is 22.4. The summed E-state index contributed by atoms with van der Waals surface area (Å²) in [5.74, 6) is -0.941. The Balaban J connectivity index is 1.65. The van der Waals surface area contributed by atoms with Crippen LogP contribution in [0, 0.1) is 11.7 Å². The topological polar surface area (TPSA) is 95.6 Å². The summed E-state index contributed by atoms with van der Waals surface area (Å²) in [6.07, 6.45) is 2.74. The van der Waals surface area contributed by atoms with Crippen molar-refractivity contribution in [3.8, 4) is 0 Å². The van der Waals surface area contributed by atoms with E-state index in [1.54, 1.807) is 23.1 Å². The van der Waals surface area contributed by atoms with Crippen LogP contribution < -0.4 is 10.0 Å². The lowest BCUT2D eigenvalue weighted by molar-refractivity contribution is -0.126. The second kappa shape index (κ2) is 9.74. The molecule has 1 fully saturated rings. The molecule has 2 amide bonds. The maximum Gasteiger partial charge on any atom is 0.261 e. The third kappa shape index (κ3) is 5.69. The van der Waals surface area contributed by atoms with Crippen LogP contribution >= 0.6 is 0 Å². The first-order chi connectivity index (χ1) is 14.8. The summed E-state index contributed by atoms with van der Waals surface area (Å²) in [5.41, 5.74) is 0.572. The minimum Gasteiger partial charge on any atom is -0.352 e. The first kappa shape index (κ1) is 22.5. The van der Waals surface area contributed by atoms with Gasteiger partial charge in [0.1, 0.15) is 5.82 Å². The summed E-state index contributed by atoms with van der Waals surface area (Å²) in [6.45, 7) is 4.87. The minimum absolute atomic E-state index is 0.0378. The van der Waals surface area contributed by atoms with E-state index in [2.05, 4.69) is 16.6 Å². The van der Waals surface area contributed by atoms with Gasteiger partial charge in [-0.15, -0.1) is 6.58 Å². The van der Waals surface area contributed by atoms with Crippen molar-refractivity contribution in [2.24, 2.45) is 5.92 Å². The SMILES string of the molecule is C=CCNC(=O)C1CCN(C(=O)c2cccc(NS(=O)(=O)c3ccc(F)cc3)c2)CC1. The van der Waals surface area contributed by atoms with Gasteiger partial charge in [-0.2, -0.15) is 0 Å². The zero-order valence-electron chi connectivity index (χ0n) is 16.9. The number of likely N-dealkylation sites (tertiary alicyclic amines) is 1. The zero-order valence-corrected chi connectivity index (χ0v) is 17.7. The van der Waals surface area contributed by atoms with E-state index >= 15 is 0 Å². The lowest BCUT2D eigenvalue weighted by Crippen LogP contribution is -2.43. The third-order valence-corrected chi connectivity index (χ3v) is 6.46. The highest BCUT2D eigenvalue weighted by Crippen LogP contribution is 2.22. The van der Waals surface area contributed by atoms with Crippen molar-refractivity contribution in [1.82, 2.24) is 10.2 Å². The summed E-state index contributed by atoms with van der Waals surface area (Å²) < 4.78 is 40.5. The second-order valence-corrected chi connectivity index (χ2v) is 8.92. The van der Waals surface area contributed by atoms with E-state index in [1.807, 2.05) is 0 Å². The number of nitrogens with zero attached hydrogens (tertiary/aromatic N) is 1. The quantitative estimate of drug-likeness (QED) is 0.641. The fourth-order valence-electron chi connectivity index (χ4n) is 3.39. The summed E-state index contributed by atoms with van der Waals surface area (Å²) in [6, 6.07) is 10.7. The summed E-state index contributed by atoms with van der Waals surface area (Å²) in [5, 5.41) is 2.78. The molecule has 1 aliphatic heterocycles. The molecule has 1 aliphatic rings. The fraction of sp³-hybridized carbons (Fsp3) is 0.273. The number of rotatable bonds is 7. The van der Waals surface area contributed by atoms with Crippen LogP contribution in [0.3, 0.4) is 0 Å². The molecule has 0 radical (unpaired) electrons. The van der Waals surface area contributed by atoms with Gasteiger partial charge in [0, 0.05) is 36.8 Å². The molecule has 2 N–H and O–H groups in total. The van der Waals surface area contributed by atoms with Crippen molar-refractivity contribution in [1.29, 1.82) is 0 Å². The largest absolute Gasteiger partial charge is 0.352 e. The Morgan fingerprint density at radius 2 is 1.81 bits per heavy atom. The molecule has 0 atom stereocenters. The van der Waals surface area contributed by atoms with E-state index in [1.165, 1.54) is 24.3 Å². The predicted octanol–water partition coefficient (Wildman–Crippen LogP) is 2.78. The van der Waals surface area contributed by atoms with Gasteiger partial charge >= 0.3 is 0 Å². The Morgan fingerprint density at radius 3 is 2.45 bits per heavy atom.